The summed E-state index contributed by atoms with van der Waals surface area (Å²) in [6.07, 6.45) is 4.96. The molecule has 108 valence electrons. The van der Waals surface area contributed by atoms with E-state index >= 15 is 0 Å². The Morgan fingerprint density at radius 1 is 1.24 bits per heavy atom. The van der Waals surface area contributed by atoms with E-state index in [0.29, 0.717) is 13.2 Å². The van der Waals surface area contributed by atoms with Crippen LogP contribution in [0.25, 0.3) is 0 Å². The fourth-order valence-electron chi connectivity index (χ4n) is 2.52. The summed E-state index contributed by atoms with van der Waals surface area (Å²) in [5.41, 5.74) is 1.90. The lowest BCUT2D eigenvalue weighted by Gasteiger charge is -2.25. The van der Waals surface area contributed by atoms with Gasteiger partial charge in [0.05, 0.1) is 6.54 Å². The zero-order valence-electron chi connectivity index (χ0n) is 11.8. The summed E-state index contributed by atoms with van der Waals surface area (Å²) in [6, 6.07) is 13.6. The number of ether oxygens (including phenoxy) is 1. The zero-order chi connectivity index (χ0) is 14.5. The number of anilines is 1. The van der Waals surface area contributed by atoms with Crippen molar-refractivity contribution >= 4 is 11.6 Å². The fourth-order valence-corrected chi connectivity index (χ4v) is 2.52. The molecule has 1 saturated heterocycles. The SMILES string of the molecule is O=C([C@H]1CCCO1)N(Cc1cccnc1)c1ccccc1. The van der Waals surface area contributed by atoms with Crippen LogP contribution in [0, 0.1) is 0 Å². The highest BCUT2D eigenvalue weighted by atomic mass is 16.5. The first-order valence-corrected chi connectivity index (χ1v) is 7.21. The topological polar surface area (TPSA) is 42.4 Å². The summed E-state index contributed by atoms with van der Waals surface area (Å²) in [5, 5.41) is 0. The van der Waals surface area contributed by atoms with E-state index in [1.807, 2.05) is 42.5 Å². The molecule has 1 aromatic heterocycles. The summed E-state index contributed by atoms with van der Waals surface area (Å²) in [6.45, 7) is 1.18. The normalized spacial score (nSPS) is 17.6. The van der Waals surface area contributed by atoms with Crippen LogP contribution >= 0.6 is 0 Å². The Morgan fingerprint density at radius 3 is 2.76 bits per heavy atom. The molecule has 2 aromatic rings. The number of hydrogen-bond acceptors (Lipinski definition) is 3. The van der Waals surface area contributed by atoms with E-state index < -0.39 is 0 Å². The van der Waals surface area contributed by atoms with Crippen molar-refractivity contribution in [2.24, 2.45) is 0 Å². The van der Waals surface area contributed by atoms with Crippen molar-refractivity contribution in [1.82, 2.24) is 4.98 Å². The number of carbonyl (C=O) groups excluding carboxylic acids is 1. The average Bonchev–Trinajstić information content (AvgIpc) is 3.08. The summed E-state index contributed by atoms with van der Waals surface area (Å²) in [5.74, 6) is 0.0301. The van der Waals surface area contributed by atoms with Crippen LogP contribution in [0.3, 0.4) is 0 Å². The van der Waals surface area contributed by atoms with E-state index in [9.17, 15) is 4.79 Å². The van der Waals surface area contributed by atoms with Crippen LogP contribution in [0.2, 0.25) is 0 Å². The number of rotatable bonds is 4. The van der Waals surface area contributed by atoms with Gasteiger partial charge >= 0.3 is 0 Å². The van der Waals surface area contributed by atoms with Gasteiger partial charge < -0.3 is 9.64 Å². The number of pyridine rings is 1. The van der Waals surface area contributed by atoms with Crippen molar-refractivity contribution in [3.8, 4) is 0 Å². The lowest BCUT2D eigenvalue weighted by molar-refractivity contribution is -0.127. The molecule has 4 heteroatoms. The molecule has 1 amide bonds. The third-order valence-electron chi connectivity index (χ3n) is 3.60. The Bertz CT molecular complexity index is 580. The minimum Gasteiger partial charge on any atom is -0.368 e. The number of carbonyl (C=O) groups is 1. The molecule has 3 rings (SSSR count). The van der Waals surface area contributed by atoms with Gasteiger partial charge in [0.15, 0.2) is 0 Å². The van der Waals surface area contributed by atoms with Crippen LogP contribution < -0.4 is 4.90 Å². The van der Waals surface area contributed by atoms with Crippen molar-refractivity contribution in [3.05, 3.63) is 60.4 Å². The van der Waals surface area contributed by atoms with Crippen molar-refractivity contribution in [2.75, 3.05) is 11.5 Å². The fraction of sp³-hybridized carbons (Fsp3) is 0.294. The van der Waals surface area contributed by atoms with Crippen LogP contribution in [0.1, 0.15) is 18.4 Å². The van der Waals surface area contributed by atoms with Gasteiger partial charge in [-0.2, -0.15) is 0 Å². The second kappa shape index (κ2) is 6.50. The van der Waals surface area contributed by atoms with Gasteiger partial charge in [-0.25, -0.2) is 0 Å². The van der Waals surface area contributed by atoms with Gasteiger partial charge in [0.1, 0.15) is 6.10 Å². The Hall–Kier alpha value is -2.20. The van der Waals surface area contributed by atoms with Crippen molar-refractivity contribution in [2.45, 2.75) is 25.5 Å². The predicted octanol–water partition coefficient (Wildman–Crippen LogP) is 2.79. The number of benzene rings is 1. The van der Waals surface area contributed by atoms with Gasteiger partial charge in [-0.3, -0.25) is 9.78 Å². The minimum absolute atomic E-state index is 0.0301. The summed E-state index contributed by atoms with van der Waals surface area (Å²) in [7, 11) is 0. The Kier molecular flexibility index (Phi) is 4.26. The van der Waals surface area contributed by atoms with Gasteiger partial charge in [0, 0.05) is 24.7 Å². The smallest absolute Gasteiger partial charge is 0.256 e. The third kappa shape index (κ3) is 3.28. The van der Waals surface area contributed by atoms with Gasteiger partial charge in [0.2, 0.25) is 0 Å². The molecule has 1 aliphatic heterocycles. The first-order valence-electron chi connectivity index (χ1n) is 7.21. The summed E-state index contributed by atoms with van der Waals surface area (Å²) < 4.78 is 5.55. The van der Waals surface area contributed by atoms with Gasteiger partial charge in [-0.05, 0) is 36.6 Å². The van der Waals surface area contributed by atoms with E-state index in [0.717, 1.165) is 24.1 Å². The monoisotopic (exact) mass is 282 g/mol. The molecule has 1 aliphatic rings. The molecule has 0 aliphatic carbocycles. The molecule has 0 radical (unpaired) electrons. The number of nitrogens with zero attached hydrogens (tertiary/aromatic N) is 2. The van der Waals surface area contributed by atoms with E-state index in [1.54, 1.807) is 17.3 Å². The highest BCUT2D eigenvalue weighted by molar-refractivity contribution is 5.96. The van der Waals surface area contributed by atoms with Gasteiger partial charge in [-0.15, -0.1) is 0 Å². The maximum atomic E-state index is 12.7. The number of para-hydroxylation sites is 1. The van der Waals surface area contributed by atoms with Crippen LogP contribution in [-0.2, 0) is 16.1 Å². The van der Waals surface area contributed by atoms with Crippen molar-refractivity contribution in [3.63, 3.8) is 0 Å². The lowest BCUT2D eigenvalue weighted by atomic mass is 10.1. The van der Waals surface area contributed by atoms with Gasteiger partial charge in [-0.1, -0.05) is 24.3 Å². The van der Waals surface area contributed by atoms with Crippen LogP contribution in [0.5, 0.6) is 0 Å². The highest BCUT2D eigenvalue weighted by Gasteiger charge is 2.29. The molecule has 0 bridgehead atoms. The molecule has 4 nitrogen and oxygen atoms in total. The molecule has 0 saturated carbocycles. The molecular formula is C17H18N2O2. The third-order valence-corrected chi connectivity index (χ3v) is 3.60. The molecule has 2 heterocycles. The van der Waals surface area contributed by atoms with E-state index in [1.165, 1.54) is 0 Å². The van der Waals surface area contributed by atoms with Gasteiger partial charge in [0.25, 0.3) is 5.91 Å². The summed E-state index contributed by atoms with van der Waals surface area (Å²) >= 11 is 0. The van der Waals surface area contributed by atoms with E-state index in [2.05, 4.69) is 4.98 Å². The lowest BCUT2D eigenvalue weighted by Crippen LogP contribution is -2.38. The average molecular weight is 282 g/mol. The molecule has 21 heavy (non-hydrogen) atoms. The number of hydrogen-bond donors (Lipinski definition) is 0. The maximum Gasteiger partial charge on any atom is 0.256 e. The molecule has 0 unspecified atom stereocenters. The minimum atomic E-state index is -0.318. The molecule has 1 aromatic carbocycles. The predicted molar refractivity (Wildman–Crippen MR) is 80.8 cm³/mol. The molecular weight excluding hydrogens is 264 g/mol. The van der Waals surface area contributed by atoms with E-state index in [-0.39, 0.29) is 12.0 Å². The second-order valence-corrected chi connectivity index (χ2v) is 5.12. The van der Waals surface area contributed by atoms with Crippen LogP contribution in [0.15, 0.2) is 54.9 Å². The standard InChI is InChI=1S/C17H18N2O2/c20-17(16-9-5-11-21-16)19(15-7-2-1-3-8-15)13-14-6-4-10-18-12-14/h1-4,6-8,10,12,16H,5,9,11,13H2/t16-/m1/s1. The number of amides is 1. The Labute approximate surface area is 124 Å². The zero-order valence-corrected chi connectivity index (χ0v) is 11.8. The van der Waals surface area contributed by atoms with Crippen LogP contribution in [0.4, 0.5) is 5.69 Å². The Morgan fingerprint density at radius 2 is 2.10 bits per heavy atom. The summed E-state index contributed by atoms with van der Waals surface area (Å²) in [4.78, 5) is 18.6. The maximum absolute atomic E-state index is 12.7. The quantitative estimate of drug-likeness (QED) is 0.866. The van der Waals surface area contributed by atoms with Crippen LogP contribution in [-0.4, -0.2) is 23.6 Å². The van der Waals surface area contributed by atoms with Crippen molar-refractivity contribution < 1.29 is 9.53 Å². The largest absolute Gasteiger partial charge is 0.368 e. The number of aromatic nitrogens is 1. The molecule has 0 spiro atoms. The molecule has 0 N–H and O–H groups in total. The highest BCUT2D eigenvalue weighted by Crippen LogP contribution is 2.22. The Balaban J connectivity index is 1.85. The molecule has 1 fully saturated rings. The van der Waals surface area contributed by atoms with E-state index in [4.69, 9.17) is 4.74 Å². The first kappa shape index (κ1) is 13.8. The second-order valence-electron chi connectivity index (χ2n) is 5.12. The first-order chi connectivity index (χ1) is 10.3. The van der Waals surface area contributed by atoms with Crippen molar-refractivity contribution in [1.29, 1.82) is 0 Å². The molecule has 1 atom stereocenters.